The maximum atomic E-state index is 4.47. The third-order valence-electron chi connectivity index (χ3n) is 4.16. The molecule has 1 N–H and O–H groups in total. The molecular formula is C17H28N4S. The molecule has 22 heavy (non-hydrogen) atoms. The molecule has 2 rings (SSSR count). The molecule has 4 nitrogen and oxygen atoms in total. The van der Waals surface area contributed by atoms with Crippen LogP contribution in [0.4, 0.5) is 0 Å². The fraction of sp³-hybridized carbons (Fsp3) is 0.647. The molecule has 0 radical (unpaired) electrons. The van der Waals surface area contributed by atoms with Gasteiger partial charge in [-0.2, -0.15) is 11.8 Å². The van der Waals surface area contributed by atoms with Gasteiger partial charge in [0.05, 0.1) is 0 Å². The van der Waals surface area contributed by atoms with Gasteiger partial charge in [0.15, 0.2) is 5.96 Å². The number of aromatic nitrogens is 1. The van der Waals surface area contributed by atoms with E-state index in [0.717, 1.165) is 32.0 Å². The Morgan fingerprint density at radius 1 is 1.55 bits per heavy atom. The Hall–Kier alpha value is -1.23. The van der Waals surface area contributed by atoms with Crippen molar-refractivity contribution in [2.75, 3.05) is 32.4 Å². The minimum Gasteiger partial charge on any atom is -0.356 e. The van der Waals surface area contributed by atoms with Crippen LogP contribution in [-0.4, -0.2) is 53.5 Å². The Bertz CT molecular complexity index is 501. The van der Waals surface area contributed by atoms with Crippen LogP contribution < -0.4 is 5.32 Å². The zero-order chi connectivity index (χ0) is 15.9. The van der Waals surface area contributed by atoms with Crippen LogP contribution >= 0.6 is 11.8 Å². The second-order valence-electron chi connectivity index (χ2n) is 6.13. The van der Waals surface area contributed by atoms with Gasteiger partial charge in [0, 0.05) is 50.1 Å². The lowest BCUT2D eigenvalue weighted by Gasteiger charge is -2.36. The van der Waals surface area contributed by atoms with Gasteiger partial charge in [-0.1, -0.05) is 13.8 Å². The van der Waals surface area contributed by atoms with Gasteiger partial charge in [-0.3, -0.25) is 9.98 Å². The van der Waals surface area contributed by atoms with E-state index in [0.29, 0.717) is 11.2 Å². The molecule has 1 fully saturated rings. The SMILES string of the molecule is CN=C(NCCc1ccncc1C)N1CCSC(C(C)C)C1. The first kappa shape index (κ1) is 17.1. The summed E-state index contributed by atoms with van der Waals surface area (Å²) < 4.78 is 0. The van der Waals surface area contributed by atoms with Crippen molar-refractivity contribution in [1.82, 2.24) is 15.2 Å². The third-order valence-corrected chi connectivity index (χ3v) is 5.70. The monoisotopic (exact) mass is 320 g/mol. The van der Waals surface area contributed by atoms with E-state index in [4.69, 9.17) is 0 Å². The molecule has 2 heterocycles. The second-order valence-corrected chi connectivity index (χ2v) is 7.47. The van der Waals surface area contributed by atoms with Crippen LogP contribution in [0.5, 0.6) is 0 Å². The van der Waals surface area contributed by atoms with E-state index in [2.05, 4.69) is 58.8 Å². The largest absolute Gasteiger partial charge is 0.356 e. The molecule has 0 spiro atoms. The number of guanidine groups is 1. The zero-order valence-corrected chi connectivity index (χ0v) is 15.0. The van der Waals surface area contributed by atoms with E-state index >= 15 is 0 Å². The Balaban J connectivity index is 1.86. The second kappa shape index (κ2) is 8.42. The van der Waals surface area contributed by atoms with Crippen molar-refractivity contribution in [3.63, 3.8) is 0 Å². The fourth-order valence-electron chi connectivity index (χ4n) is 2.70. The molecule has 1 aliphatic heterocycles. The topological polar surface area (TPSA) is 40.5 Å². The van der Waals surface area contributed by atoms with Gasteiger partial charge in [-0.05, 0) is 36.5 Å². The number of nitrogens with one attached hydrogen (secondary N) is 1. The number of thioether (sulfide) groups is 1. The molecule has 5 heteroatoms. The number of aryl methyl sites for hydroxylation is 1. The molecule has 0 aromatic carbocycles. The molecule has 1 aromatic rings. The average molecular weight is 321 g/mol. The van der Waals surface area contributed by atoms with Crippen molar-refractivity contribution in [2.45, 2.75) is 32.4 Å². The van der Waals surface area contributed by atoms with E-state index in [1.54, 1.807) is 0 Å². The van der Waals surface area contributed by atoms with Crippen molar-refractivity contribution in [1.29, 1.82) is 0 Å². The molecule has 122 valence electrons. The molecule has 0 saturated carbocycles. The first-order chi connectivity index (χ1) is 10.6. The summed E-state index contributed by atoms with van der Waals surface area (Å²) in [4.78, 5) is 11.0. The van der Waals surface area contributed by atoms with E-state index in [1.165, 1.54) is 16.9 Å². The van der Waals surface area contributed by atoms with Gasteiger partial charge >= 0.3 is 0 Å². The van der Waals surface area contributed by atoms with Crippen LogP contribution in [0.15, 0.2) is 23.5 Å². The molecule has 1 aliphatic rings. The number of hydrogen-bond donors (Lipinski definition) is 1. The number of nitrogens with zero attached hydrogens (tertiary/aromatic N) is 3. The fourth-order valence-corrected chi connectivity index (χ4v) is 3.99. The summed E-state index contributed by atoms with van der Waals surface area (Å²) in [7, 11) is 1.88. The van der Waals surface area contributed by atoms with Crippen molar-refractivity contribution in [3.8, 4) is 0 Å². The van der Waals surface area contributed by atoms with Gasteiger partial charge in [0.1, 0.15) is 0 Å². The summed E-state index contributed by atoms with van der Waals surface area (Å²) in [6, 6.07) is 2.10. The van der Waals surface area contributed by atoms with Crippen molar-refractivity contribution < 1.29 is 0 Å². The zero-order valence-electron chi connectivity index (χ0n) is 14.2. The molecule has 0 aliphatic carbocycles. The Morgan fingerprint density at radius 2 is 2.36 bits per heavy atom. The molecule has 0 bridgehead atoms. The van der Waals surface area contributed by atoms with Gasteiger partial charge in [-0.25, -0.2) is 0 Å². The first-order valence-corrected chi connectivity index (χ1v) is 9.13. The average Bonchev–Trinajstić information content (AvgIpc) is 2.53. The van der Waals surface area contributed by atoms with Crippen LogP contribution in [0, 0.1) is 12.8 Å². The van der Waals surface area contributed by atoms with Crippen LogP contribution in [0.25, 0.3) is 0 Å². The summed E-state index contributed by atoms with van der Waals surface area (Å²) in [5.74, 6) is 2.94. The summed E-state index contributed by atoms with van der Waals surface area (Å²) >= 11 is 2.09. The summed E-state index contributed by atoms with van der Waals surface area (Å²) in [6.07, 6.45) is 4.80. The van der Waals surface area contributed by atoms with E-state index in [-0.39, 0.29) is 0 Å². The first-order valence-electron chi connectivity index (χ1n) is 8.08. The maximum Gasteiger partial charge on any atom is 0.193 e. The standard InChI is InChI=1S/C17H28N4S/c1-13(2)16-12-21(9-10-22-16)17(18-4)20-8-6-15-5-7-19-11-14(15)3/h5,7,11,13,16H,6,8-10,12H2,1-4H3,(H,18,20). The molecule has 1 unspecified atom stereocenters. The lowest BCUT2D eigenvalue weighted by atomic mass is 10.1. The highest BCUT2D eigenvalue weighted by molar-refractivity contribution is 8.00. The van der Waals surface area contributed by atoms with Gasteiger partial charge in [-0.15, -0.1) is 0 Å². The van der Waals surface area contributed by atoms with Crippen molar-refractivity contribution in [2.24, 2.45) is 10.9 Å². The predicted octanol–water partition coefficient (Wildman–Crippen LogP) is 2.58. The maximum absolute atomic E-state index is 4.47. The highest BCUT2D eigenvalue weighted by Crippen LogP contribution is 2.24. The summed E-state index contributed by atoms with van der Waals surface area (Å²) in [6.45, 7) is 9.82. The van der Waals surface area contributed by atoms with Gasteiger partial charge in [0.25, 0.3) is 0 Å². The lowest BCUT2D eigenvalue weighted by Crippen LogP contribution is -2.49. The minimum absolute atomic E-state index is 0.703. The van der Waals surface area contributed by atoms with Gasteiger partial charge in [0.2, 0.25) is 0 Å². The van der Waals surface area contributed by atoms with Crippen LogP contribution in [0.3, 0.4) is 0 Å². The third kappa shape index (κ3) is 4.63. The summed E-state index contributed by atoms with van der Waals surface area (Å²) in [5.41, 5.74) is 2.61. The lowest BCUT2D eigenvalue weighted by molar-refractivity contribution is 0.381. The Labute approximate surface area is 138 Å². The molecular weight excluding hydrogens is 292 g/mol. The highest BCUT2D eigenvalue weighted by Gasteiger charge is 2.24. The summed E-state index contributed by atoms with van der Waals surface area (Å²) in [5, 5.41) is 4.22. The molecule has 1 saturated heterocycles. The Morgan fingerprint density at radius 3 is 3.05 bits per heavy atom. The minimum atomic E-state index is 0.703. The van der Waals surface area contributed by atoms with E-state index in [1.807, 2.05) is 19.4 Å². The normalized spacial score (nSPS) is 19.6. The van der Waals surface area contributed by atoms with Gasteiger partial charge < -0.3 is 10.2 Å². The molecule has 1 aromatic heterocycles. The molecule has 0 amide bonds. The van der Waals surface area contributed by atoms with Crippen molar-refractivity contribution in [3.05, 3.63) is 29.6 Å². The molecule has 1 atom stereocenters. The quantitative estimate of drug-likeness (QED) is 0.684. The van der Waals surface area contributed by atoms with E-state index < -0.39 is 0 Å². The number of hydrogen-bond acceptors (Lipinski definition) is 3. The highest BCUT2D eigenvalue weighted by atomic mass is 32.2. The number of pyridine rings is 1. The number of aliphatic imine (C=N–C) groups is 1. The smallest absolute Gasteiger partial charge is 0.193 e. The predicted molar refractivity (Wildman–Crippen MR) is 96.7 cm³/mol. The van der Waals surface area contributed by atoms with Crippen LogP contribution in [0.1, 0.15) is 25.0 Å². The van der Waals surface area contributed by atoms with Crippen LogP contribution in [-0.2, 0) is 6.42 Å². The van der Waals surface area contributed by atoms with Crippen molar-refractivity contribution >= 4 is 17.7 Å². The van der Waals surface area contributed by atoms with Crippen LogP contribution in [0.2, 0.25) is 0 Å². The number of rotatable bonds is 4. The van der Waals surface area contributed by atoms with E-state index in [9.17, 15) is 0 Å². The Kier molecular flexibility index (Phi) is 6.55.